The van der Waals surface area contributed by atoms with Crippen molar-refractivity contribution in [2.45, 2.75) is 49.6 Å². The minimum absolute atomic E-state index is 0.00343. The molecular formula is C15H22N2O3S. The number of methoxy groups -OCH3 is 1. The standard InChI is InChI=1S/C15H22N2O3S/c1-20-15-4-2-3-11(7-15)10-21(18,19)17-14-8-12-5-6-13(9-14)16-12/h2-4,7,12-14,16-17H,5-6,8-10H2,1H3. The fraction of sp³-hybridized carbons (Fsp3) is 0.600. The van der Waals surface area contributed by atoms with Crippen molar-refractivity contribution in [1.29, 1.82) is 0 Å². The second kappa shape index (κ2) is 5.94. The van der Waals surface area contributed by atoms with E-state index in [1.54, 1.807) is 13.2 Å². The quantitative estimate of drug-likeness (QED) is 0.862. The van der Waals surface area contributed by atoms with Crippen LogP contribution in [-0.2, 0) is 15.8 Å². The highest BCUT2D eigenvalue weighted by molar-refractivity contribution is 7.88. The number of nitrogens with one attached hydrogen (secondary N) is 2. The van der Waals surface area contributed by atoms with Crippen LogP contribution in [0.1, 0.15) is 31.2 Å². The maximum atomic E-state index is 12.3. The first kappa shape index (κ1) is 14.8. The van der Waals surface area contributed by atoms with Crippen LogP contribution in [-0.4, -0.2) is 33.7 Å². The van der Waals surface area contributed by atoms with Gasteiger partial charge in [0.15, 0.2) is 0 Å². The summed E-state index contributed by atoms with van der Waals surface area (Å²) in [6, 6.07) is 8.24. The van der Waals surface area contributed by atoms with Crippen molar-refractivity contribution in [1.82, 2.24) is 10.0 Å². The van der Waals surface area contributed by atoms with E-state index in [2.05, 4.69) is 10.0 Å². The highest BCUT2D eigenvalue weighted by atomic mass is 32.2. The third-order valence-electron chi connectivity index (χ3n) is 4.31. The Labute approximate surface area is 126 Å². The molecule has 116 valence electrons. The summed E-state index contributed by atoms with van der Waals surface area (Å²) in [7, 11) is -1.73. The lowest BCUT2D eigenvalue weighted by atomic mass is 10.0. The Kier molecular flexibility index (Phi) is 4.19. The van der Waals surface area contributed by atoms with E-state index in [4.69, 9.17) is 4.74 Å². The van der Waals surface area contributed by atoms with Crippen molar-refractivity contribution in [2.24, 2.45) is 0 Å². The molecule has 2 saturated heterocycles. The summed E-state index contributed by atoms with van der Waals surface area (Å²) in [6.07, 6.45) is 4.12. The average molecular weight is 310 g/mol. The lowest BCUT2D eigenvalue weighted by molar-refractivity contribution is 0.345. The van der Waals surface area contributed by atoms with Crippen LogP contribution in [0.5, 0.6) is 5.75 Å². The lowest BCUT2D eigenvalue weighted by Gasteiger charge is -2.29. The number of benzene rings is 1. The van der Waals surface area contributed by atoms with E-state index in [-0.39, 0.29) is 11.8 Å². The molecule has 2 fully saturated rings. The van der Waals surface area contributed by atoms with Crippen molar-refractivity contribution in [3.63, 3.8) is 0 Å². The molecule has 2 unspecified atom stereocenters. The van der Waals surface area contributed by atoms with Gasteiger partial charge < -0.3 is 10.1 Å². The maximum Gasteiger partial charge on any atom is 0.216 e. The topological polar surface area (TPSA) is 67.4 Å². The molecule has 0 radical (unpaired) electrons. The van der Waals surface area contributed by atoms with Gasteiger partial charge in [-0.1, -0.05) is 12.1 Å². The Morgan fingerprint density at radius 3 is 2.67 bits per heavy atom. The zero-order valence-electron chi connectivity index (χ0n) is 12.2. The molecule has 0 aliphatic carbocycles. The van der Waals surface area contributed by atoms with Gasteiger partial charge in [0.2, 0.25) is 10.0 Å². The van der Waals surface area contributed by atoms with Crippen molar-refractivity contribution in [3.8, 4) is 5.75 Å². The first-order valence-corrected chi connectivity index (χ1v) is 9.08. The summed E-state index contributed by atoms with van der Waals surface area (Å²) in [4.78, 5) is 0. The van der Waals surface area contributed by atoms with E-state index < -0.39 is 10.0 Å². The zero-order valence-corrected chi connectivity index (χ0v) is 13.0. The molecule has 0 amide bonds. The number of sulfonamides is 1. The smallest absolute Gasteiger partial charge is 0.216 e. The summed E-state index contributed by atoms with van der Waals surface area (Å²) in [6.45, 7) is 0. The van der Waals surface area contributed by atoms with Crippen LogP contribution in [0.2, 0.25) is 0 Å². The van der Waals surface area contributed by atoms with Crippen molar-refractivity contribution >= 4 is 10.0 Å². The number of piperidine rings is 1. The molecule has 21 heavy (non-hydrogen) atoms. The molecule has 1 aromatic rings. The SMILES string of the molecule is COc1cccc(CS(=O)(=O)NC2CC3CCC(C2)N3)c1. The third kappa shape index (κ3) is 3.75. The van der Waals surface area contributed by atoms with Gasteiger partial charge in [0, 0.05) is 18.1 Å². The normalized spacial score (nSPS) is 28.5. The number of fused-ring (bicyclic) bond motifs is 2. The zero-order chi connectivity index (χ0) is 14.9. The number of ether oxygens (including phenoxy) is 1. The van der Waals surface area contributed by atoms with Gasteiger partial charge in [-0.2, -0.15) is 0 Å². The van der Waals surface area contributed by atoms with Crippen molar-refractivity contribution < 1.29 is 13.2 Å². The molecule has 5 nitrogen and oxygen atoms in total. The van der Waals surface area contributed by atoms with Gasteiger partial charge in [-0.3, -0.25) is 0 Å². The van der Waals surface area contributed by atoms with Crippen LogP contribution in [0.15, 0.2) is 24.3 Å². The molecule has 2 aliphatic rings. The van der Waals surface area contributed by atoms with E-state index in [9.17, 15) is 8.42 Å². The van der Waals surface area contributed by atoms with Gasteiger partial charge in [-0.05, 0) is 43.4 Å². The molecule has 0 saturated carbocycles. The summed E-state index contributed by atoms with van der Waals surface area (Å²) in [5, 5.41) is 3.52. The molecule has 3 rings (SSSR count). The molecule has 2 bridgehead atoms. The molecule has 0 spiro atoms. The molecule has 2 N–H and O–H groups in total. The second-order valence-electron chi connectivity index (χ2n) is 6.03. The van der Waals surface area contributed by atoms with Gasteiger partial charge in [0.1, 0.15) is 5.75 Å². The highest BCUT2D eigenvalue weighted by Crippen LogP contribution is 2.27. The Hall–Kier alpha value is -1.11. The number of hydrogen-bond acceptors (Lipinski definition) is 4. The molecule has 6 heteroatoms. The Balaban J connectivity index is 1.63. The largest absolute Gasteiger partial charge is 0.497 e. The van der Waals surface area contributed by atoms with Gasteiger partial charge >= 0.3 is 0 Å². The van der Waals surface area contributed by atoms with Crippen molar-refractivity contribution in [3.05, 3.63) is 29.8 Å². The van der Waals surface area contributed by atoms with E-state index in [0.717, 1.165) is 18.4 Å². The van der Waals surface area contributed by atoms with Crippen LogP contribution in [0.25, 0.3) is 0 Å². The van der Waals surface area contributed by atoms with Gasteiger partial charge in [0.25, 0.3) is 0 Å². The minimum atomic E-state index is -3.31. The van der Waals surface area contributed by atoms with Crippen LogP contribution >= 0.6 is 0 Å². The Morgan fingerprint density at radius 2 is 2.00 bits per heavy atom. The van der Waals surface area contributed by atoms with Crippen LogP contribution in [0.4, 0.5) is 0 Å². The fourth-order valence-corrected chi connectivity index (χ4v) is 4.83. The summed E-state index contributed by atoms with van der Waals surface area (Å²) < 4.78 is 32.7. The highest BCUT2D eigenvalue weighted by Gasteiger charge is 2.35. The second-order valence-corrected chi connectivity index (χ2v) is 7.79. The first-order chi connectivity index (χ1) is 10.0. The van der Waals surface area contributed by atoms with Gasteiger partial charge in [0.05, 0.1) is 12.9 Å². The molecule has 1 aromatic carbocycles. The first-order valence-electron chi connectivity index (χ1n) is 7.43. The molecule has 2 atom stereocenters. The molecule has 0 aromatic heterocycles. The van der Waals surface area contributed by atoms with Crippen LogP contribution < -0.4 is 14.8 Å². The van der Waals surface area contributed by atoms with Crippen LogP contribution in [0, 0.1) is 0 Å². The molecular weight excluding hydrogens is 288 g/mol. The predicted octanol–water partition coefficient (Wildman–Crippen LogP) is 1.40. The van der Waals surface area contributed by atoms with E-state index in [1.165, 1.54) is 12.8 Å². The minimum Gasteiger partial charge on any atom is -0.497 e. The summed E-state index contributed by atoms with van der Waals surface area (Å²) in [5.74, 6) is 0.686. The summed E-state index contributed by atoms with van der Waals surface area (Å²) in [5.41, 5.74) is 0.749. The van der Waals surface area contributed by atoms with Crippen molar-refractivity contribution in [2.75, 3.05) is 7.11 Å². The van der Waals surface area contributed by atoms with Gasteiger partial charge in [-0.25, -0.2) is 13.1 Å². The number of rotatable bonds is 5. The van der Waals surface area contributed by atoms with E-state index in [1.807, 2.05) is 18.2 Å². The molecule has 2 aliphatic heterocycles. The van der Waals surface area contributed by atoms with Crippen LogP contribution in [0.3, 0.4) is 0 Å². The van der Waals surface area contributed by atoms with Gasteiger partial charge in [-0.15, -0.1) is 0 Å². The Bertz CT molecular complexity index is 591. The lowest BCUT2D eigenvalue weighted by Crippen LogP contribution is -2.48. The maximum absolute atomic E-state index is 12.3. The fourth-order valence-electron chi connectivity index (χ4n) is 3.43. The summed E-state index contributed by atoms with van der Waals surface area (Å²) >= 11 is 0. The Morgan fingerprint density at radius 1 is 1.29 bits per heavy atom. The van der Waals surface area contributed by atoms with E-state index in [0.29, 0.717) is 17.8 Å². The monoisotopic (exact) mass is 310 g/mol. The number of hydrogen-bond donors (Lipinski definition) is 2. The third-order valence-corrected chi connectivity index (χ3v) is 5.72. The average Bonchev–Trinajstić information content (AvgIpc) is 2.77. The molecule has 2 heterocycles. The van der Waals surface area contributed by atoms with E-state index >= 15 is 0 Å². The predicted molar refractivity (Wildman–Crippen MR) is 81.7 cm³/mol.